The molecule has 1 aliphatic rings. The van der Waals surface area contributed by atoms with Crippen LogP contribution in [0.4, 0.5) is 8.78 Å². The highest BCUT2D eigenvalue weighted by atomic mass is 19.2. The first-order valence-corrected chi connectivity index (χ1v) is 11.3. The Labute approximate surface area is 206 Å². The number of fused-ring (bicyclic) bond motifs is 1. The van der Waals surface area contributed by atoms with E-state index in [4.69, 9.17) is 26.0 Å². The van der Waals surface area contributed by atoms with E-state index < -0.39 is 23.3 Å². The van der Waals surface area contributed by atoms with Gasteiger partial charge in [0.1, 0.15) is 17.4 Å². The Morgan fingerprint density at radius 3 is 2.56 bits per heavy atom. The number of rotatable bonds is 8. The van der Waals surface area contributed by atoms with Gasteiger partial charge in [-0.15, -0.1) is 0 Å². The van der Waals surface area contributed by atoms with E-state index in [2.05, 4.69) is 4.98 Å². The van der Waals surface area contributed by atoms with E-state index in [0.29, 0.717) is 17.1 Å². The molecule has 36 heavy (non-hydrogen) atoms. The third kappa shape index (κ3) is 5.17. The number of methoxy groups -OCH3 is 1. The number of aromatic nitrogens is 2. The summed E-state index contributed by atoms with van der Waals surface area (Å²) < 4.78 is 41.0. The Bertz CT molecular complexity index is 1400. The normalized spacial score (nSPS) is 14.2. The molecule has 1 fully saturated rings. The zero-order chi connectivity index (χ0) is 25.8. The molecule has 186 valence electrons. The molecule has 2 aromatic carbocycles. The molecule has 0 bridgehead atoms. The number of hydrogen-bond donors (Lipinski definition) is 3. The molecule has 0 unspecified atom stereocenters. The maximum absolute atomic E-state index is 14.1. The highest BCUT2D eigenvalue weighted by Gasteiger charge is 2.20. The van der Waals surface area contributed by atoms with E-state index in [1.807, 2.05) is 12.1 Å². The fraction of sp³-hybridized carbons (Fsp3) is 0.231. The van der Waals surface area contributed by atoms with Gasteiger partial charge in [0.2, 0.25) is 0 Å². The van der Waals surface area contributed by atoms with Crippen molar-refractivity contribution in [1.82, 2.24) is 9.55 Å². The number of para-hydroxylation sites is 1. The summed E-state index contributed by atoms with van der Waals surface area (Å²) in [5.41, 5.74) is 5.54. The molecule has 0 atom stereocenters. The summed E-state index contributed by atoms with van der Waals surface area (Å²) in [4.78, 5) is 15.5. The van der Waals surface area contributed by atoms with Crippen molar-refractivity contribution in [3.8, 4) is 11.5 Å². The number of benzene rings is 2. The fourth-order valence-electron chi connectivity index (χ4n) is 4.06. The lowest BCUT2D eigenvalue weighted by Gasteiger charge is -2.18. The van der Waals surface area contributed by atoms with Crippen LogP contribution in [0.3, 0.4) is 0 Å². The lowest BCUT2D eigenvalue weighted by atomic mass is 10.1. The molecule has 0 spiro atoms. The maximum Gasteiger partial charge on any atom is 0.266 e. The highest BCUT2D eigenvalue weighted by molar-refractivity contribution is 6.42. The Hall–Kier alpha value is -4.34. The minimum Gasteiger partial charge on any atom is -0.493 e. The lowest BCUT2D eigenvalue weighted by Crippen LogP contribution is -2.20. The molecule has 4 N–H and O–H groups in total. The largest absolute Gasteiger partial charge is 0.493 e. The van der Waals surface area contributed by atoms with E-state index in [-0.39, 0.29) is 28.8 Å². The van der Waals surface area contributed by atoms with Gasteiger partial charge in [-0.05, 0) is 56.1 Å². The quantitative estimate of drug-likeness (QED) is 0.310. The number of allylic oxidation sites excluding steroid dienone is 1. The second kappa shape index (κ2) is 10.5. The van der Waals surface area contributed by atoms with Crippen LogP contribution in [-0.2, 0) is 4.79 Å². The third-order valence-electron chi connectivity index (χ3n) is 5.86. The summed E-state index contributed by atoms with van der Waals surface area (Å²) >= 11 is 0. The van der Waals surface area contributed by atoms with Crippen LogP contribution in [0.2, 0.25) is 0 Å². The molecule has 1 aromatic heterocycles. The molecule has 1 aliphatic carbocycles. The summed E-state index contributed by atoms with van der Waals surface area (Å²) in [6, 6.07) is 7.34. The van der Waals surface area contributed by atoms with Gasteiger partial charge < -0.3 is 15.2 Å². The maximum atomic E-state index is 14.1. The predicted molar refractivity (Wildman–Crippen MR) is 134 cm³/mol. The number of nitrogens with one attached hydrogen (secondary N) is 2. The van der Waals surface area contributed by atoms with Crippen molar-refractivity contribution < 1.29 is 23.0 Å². The van der Waals surface area contributed by atoms with E-state index in [1.54, 1.807) is 25.3 Å². The molecule has 0 aliphatic heterocycles. The molecule has 1 amide bonds. The van der Waals surface area contributed by atoms with Gasteiger partial charge in [-0.3, -0.25) is 20.2 Å². The number of imidazole rings is 1. The number of primary amides is 1. The standard InChI is InChI=1S/C26H25F2N5O3/c1-35-22-8-4-5-15(25(22)36-16-6-2-3-7-16)9-12-24-32-20-13-17(27)18(28)14-21(20)33(24)23(30)11-10-19(29)26(31)34/h4-5,8-14,16,29-30H,2-3,6-7H2,1H3,(H2,31,34)/b11-10-,12-9+,29-19?,30-23?. The first kappa shape index (κ1) is 24.8. The van der Waals surface area contributed by atoms with Crippen molar-refractivity contribution in [3.63, 3.8) is 0 Å². The van der Waals surface area contributed by atoms with Crippen LogP contribution >= 0.6 is 0 Å². The van der Waals surface area contributed by atoms with Gasteiger partial charge in [0, 0.05) is 17.7 Å². The minimum atomic E-state index is -1.10. The van der Waals surface area contributed by atoms with E-state index in [0.717, 1.165) is 50.0 Å². The smallest absolute Gasteiger partial charge is 0.266 e. The second-order valence-electron chi connectivity index (χ2n) is 8.29. The summed E-state index contributed by atoms with van der Waals surface area (Å²) in [5, 5.41) is 16.0. The Morgan fingerprint density at radius 1 is 1.14 bits per heavy atom. The number of carbonyl (C=O) groups is 1. The Morgan fingerprint density at radius 2 is 1.86 bits per heavy atom. The molecular formula is C26H25F2N5O3. The van der Waals surface area contributed by atoms with Crippen LogP contribution in [0.15, 0.2) is 42.5 Å². The SMILES string of the molecule is COc1cccc(/C=C/c2nc3cc(F)c(F)cc3n2C(=N)/C=C\C(=N)C(N)=O)c1OC1CCCC1. The van der Waals surface area contributed by atoms with Gasteiger partial charge in [0.15, 0.2) is 23.1 Å². The average Bonchev–Trinajstić information content (AvgIpc) is 3.49. The zero-order valence-corrected chi connectivity index (χ0v) is 19.6. The predicted octanol–water partition coefficient (Wildman–Crippen LogP) is 4.70. The molecule has 0 radical (unpaired) electrons. The summed E-state index contributed by atoms with van der Waals surface area (Å²) in [6.45, 7) is 0. The molecule has 8 nitrogen and oxygen atoms in total. The van der Waals surface area contributed by atoms with Crippen LogP contribution in [0.5, 0.6) is 11.5 Å². The van der Waals surface area contributed by atoms with Crippen molar-refractivity contribution >= 4 is 40.6 Å². The third-order valence-corrected chi connectivity index (χ3v) is 5.86. The summed E-state index contributed by atoms with van der Waals surface area (Å²) in [6.07, 6.45) is 9.73. The molecule has 4 rings (SSSR count). The molecule has 3 aromatic rings. The molecule has 1 saturated carbocycles. The topological polar surface area (TPSA) is 127 Å². The van der Waals surface area contributed by atoms with Crippen molar-refractivity contribution in [2.75, 3.05) is 7.11 Å². The first-order valence-electron chi connectivity index (χ1n) is 11.3. The molecule has 1 heterocycles. The van der Waals surface area contributed by atoms with Crippen molar-refractivity contribution in [3.05, 3.63) is 65.5 Å². The Kier molecular flexibility index (Phi) is 7.23. The van der Waals surface area contributed by atoms with Gasteiger partial charge in [-0.2, -0.15) is 0 Å². The number of ether oxygens (including phenoxy) is 2. The van der Waals surface area contributed by atoms with Crippen molar-refractivity contribution in [2.24, 2.45) is 5.73 Å². The van der Waals surface area contributed by atoms with Crippen LogP contribution in [0.1, 0.15) is 37.1 Å². The number of carbonyl (C=O) groups excluding carboxylic acids is 1. The van der Waals surface area contributed by atoms with Crippen LogP contribution in [-0.4, -0.2) is 40.2 Å². The monoisotopic (exact) mass is 493 g/mol. The summed E-state index contributed by atoms with van der Waals surface area (Å²) in [7, 11) is 1.56. The van der Waals surface area contributed by atoms with Gasteiger partial charge >= 0.3 is 0 Å². The average molecular weight is 494 g/mol. The van der Waals surface area contributed by atoms with E-state index >= 15 is 0 Å². The lowest BCUT2D eigenvalue weighted by molar-refractivity contribution is -0.111. The minimum absolute atomic E-state index is 0.0860. The Balaban J connectivity index is 1.77. The van der Waals surface area contributed by atoms with Crippen LogP contribution in [0.25, 0.3) is 23.2 Å². The fourth-order valence-corrected chi connectivity index (χ4v) is 4.06. The number of halogens is 2. The second-order valence-corrected chi connectivity index (χ2v) is 8.29. The number of nitrogens with two attached hydrogens (primary N) is 1. The highest BCUT2D eigenvalue weighted by Crippen LogP contribution is 2.36. The number of nitrogens with zero attached hydrogens (tertiary/aromatic N) is 2. The van der Waals surface area contributed by atoms with Crippen LogP contribution in [0, 0.1) is 22.5 Å². The molecular weight excluding hydrogens is 468 g/mol. The van der Waals surface area contributed by atoms with Crippen LogP contribution < -0.4 is 15.2 Å². The number of hydrogen-bond acceptors (Lipinski definition) is 6. The van der Waals surface area contributed by atoms with Gasteiger partial charge in [0.25, 0.3) is 5.91 Å². The van der Waals surface area contributed by atoms with Gasteiger partial charge in [-0.25, -0.2) is 13.8 Å². The van der Waals surface area contributed by atoms with E-state index in [1.165, 1.54) is 4.57 Å². The summed E-state index contributed by atoms with van der Waals surface area (Å²) in [5.74, 6) is -2.01. The number of amides is 1. The van der Waals surface area contributed by atoms with Gasteiger partial charge in [0.05, 0.1) is 24.2 Å². The van der Waals surface area contributed by atoms with Crippen molar-refractivity contribution in [1.29, 1.82) is 10.8 Å². The first-order chi connectivity index (χ1) is 17.3. The molecule has 0 saturated heterocycles. The van der Waals surface area contributed by atoms with Gasteiger partial charge in [-0.1, -0.05) is 12.1 Å². The zero-order valence-electron chi connectivity index (χ0n) is 19.6. The van der Waals surface area contributed by atoms with E-state index in [9.17, 15) is 13.6 Å². The van der Waals surface area contributed by atoms with Crippen molar-refractivity contribution in [2.45, 2.75) is 31.8 Å². The molecule has 10 heteroatoms.